The van der Waals surface area contributed by atoms with E-state index in [4.69, 9.17) is 0 Å². The highest BCUT2D eigenvalue weighted by molar-refractivity contribution is 5.82. The van der Waals surface area contributed by atoms with Crippen LogP contribution < -0.4 is 5.32 Å². The molecule has 1 atom stereocenters. The van der Waals surface area contributed by atoms with Crippen LogP contribution >= 0.6 is 0 Å². The Morgan fingerprint density at radius 2 is 2.20 bits per heavy atom. The molecule has 0 saturated carbocycles. The molecule has 0 aliphatic carbocycles. The second kappa shape index (κ2) is 3.84. The van der Waals surface area contributed by atoms with Gasteiger partial charge in [0, 0.05) is 13.1 Å². The van der Waals surface area contributed by atoms with E-state index in [2.05, 4.69) is 38.7 Å². The minimum absolute atomic E-state index is 0.412. The van der Waals surface area contributed by atoms with Crippen molar-refractivity contribution in [3.8, 4) is 0 Å². The zero-order valence-corrected chi connectivity index (χ0v) is 9.23. The minimum Gasteiger partial charge on any atom is -0.371 e. The lowest BCUT2D eigenvalue weighted by molar-refractivity contribution is 0.541. The highest BCUT2D eigenvalue weighted by atomic mass is 15.2. The van der Waals surface area contributed by atoms with Crippen molar-refractivity contribution in [2.24, 2.45) is 0 Å². The van der Waals surface area contributed by atoms with Gasteiger partial charge in [0.05, 0.1) is 6.33 Å². The summed E-state index contributed by atoms with van der Waals surface area (Å²) < 4.78 is 2.08. The van der Waals surface area contributed by atoms with Crippen molar-refractivity contribution < 1.29 is 0 Å². The number of hydrogen-bond acceptors (Lipinski definition) is 4. The third kappa shape index (κ3) is 1.54. The largest absolute Gasteiger partial charge is 0.371 e. The first-order valence-corrected chi connectivity index (χ1v) is 5.13. The van der Waals surface area contributed by atoms with Gasteiger partial charge in [0.1, 0.15) is 11.8 Å². The van der Waals surface area contributed by atoms with E-state index >= 15 is 0 Å². The van der Waals surface area contributed by atoms with E-state index in [-0.39, 0.29) is 0 Å². The van der Waals surface area contributed by atoms with Crippen LogP contribution in [0.25, 0.3) is 11.2 Å². The second-order valence-corrected chi connectivity index (χ2v) is 3.55. The molecule has 1 unspecified atom stereocenters. The van der Waals surface area contributed by atoms with Crippen LogP contribution in [0.15, 0.2) is 12.7 Å². The van der Waals surface area contributed by atoms with Crippen molar-refractivity contribution in [3.63, 3.8) is 0 Å². The van der Waals surface area contributed by atoms with Crippen molar-refractivity contribution in [2.75, 3.05) is 12.4 Å². The van der Waals surface area contributed by atoms with Crippen LogP contribution in [-0.2, 0) is 0 Å². The summed E-state index contributed by atoms with van der Waals surface area (Å²) in [6.07, 6.45) is 4.45. The average molecular weight is 205 g/mol. The summed E-state index contributed by atoms with van der Waals surface area (Å²) in [6.45, 7) is 4.30. The summed E-state index contributed by atoms with van der Waals surface area (Å²) in [5.41, 5.74) is 1.73. The van der Waals surface area contributed by atoms with Gasteiger partial charge in [-0.1, -0.05) is 6.92 Å². The standard InChI is InChI=1S/C10H15N5/c1-4-7(2)15-6-14-8-9(11-3)12-5-13-10(8)15/h5-7H,4H2,1-3H3,(H,11,12,13). The number of nitrogens with zero attached hydrogens (tertiary/aromatic N) is 4. The summed E-state index contributed by atoms with van der Waals surface area (Å²) in [7, 11) is 1.84. The lowest BCUT2D eigenvalue weighted by atomic mass is 10.2. The number of anilines is 1. The third-order valence-corrected chi connectivity index (χ3v) is 2.66. The summed E-state index contributed by atoms with van der Waals surface area (Å²) in [4.78, 5) is 12.7. The van der Waals surface area contributed by atoms with Crippen LogP contribution in [0.3, 0.4) is 0 Å². The highest BCUT2D eigenvalue weighted by Gasteiger charge is 2.11. The highest BCUT2D eigenvalue weighted by Crippen LogP contribution is 2.21. The van der Waals surface area contributed by atoms with Gasteiger partial charge in [-0.25, -0.2) is 15.0 Å². The Balaban J connectivity index is 2.60. The summed E-state index contributed by atoms with van der Waals surface area (Å²) in [5.74, 6) is 0.780. The molecule has 1 N–H and O–H groups in total. The summed E-state index contributed by atoms with van der Waals surface area (Å²) in [6, 6.07) is 0.412. The third-order valence-electron chi connectivity index (χ3n) is 2.66. The molecule has 0 spiro atoms. The predicted molar refractivity (Wildman–Crippen MR) is 59.9 cm³/mol. The van der Waals surface area contributed by atoms with Gasteiger partial charge in [0.2, 0.25) is 0 Å². The Morgan fingerprint density at radius 1 is 1.40 bits per heavy atom. The van der Waals surface area contributed by atoms with Gasteiger partial charge in [0.15, 0.2) is 11.5 Å². The van der Waals surface area contributed by atoms with Crippen molar-refractivity contribution in [2.45, 2.75) is 26.3 Å². The van der Waals surface area contributed by atoms with Crippen molar-refractivity contribution in [1.82, 2.24) is 19.5 Å². The monoisotopic (exact) mass is 205 g/mol. The first-order valence-electron chi connectivity index (χ1n) is 5.13. The van der Waals surface area contributed by atoms with E-state index in [9.17, 15) is 0 Å². The molecule has 0 amide bonds. The number of rotatable bonds is 3. The number of imidazole rings is 1. The number of fused-ring (bicyclic) bond motifs is 1. The number of aromatic nitrogens is 4. The van der Waals surface area contributed by atoms with Gasteiger partial charge in [-0.3, -0.25) is 0 Å². The van der Waals surface area contributed by atoms with Crippen LogP contribution in [0.2, 0.25) is 0 Å². The van der Waals surface area contributed by atoms with Gasteiger partial charge in [-0.05, 0) is 13.3 Å². The maximum absolute atomic E-state index is 4.33. The smallest absolute Gasteiger partial charge is 0.165 e. The minimum atomic E-state index is 0.412. The van der Waals surface area contributed by atoms with Gasteiger partial charge in [-0.15, -0.1) is 0 Å². The molecule has 0 bridgehead atoms. The molecule has 0 aliphatic heterocycles. The zero-order chi connectivity index (χ0) is 10.8. The fourth-order valence-electron chi connectivity index (χ4n) is 1.55. The molecular formula is C10H15N5. The SMILES string of the molecule is CCC(C)n1cnc2c(NC)ncnc21. The summed E-state index contributed by atoms with van der Waals surface area (Å²) in [5, 5.41) is 3.01. The fraction of sp³-hybridized carbons (Fsp3) is 0.500. The molecule has 80 valence electrons. The average Bonchev–Trinajstić information content (AvgIpc) is 2.71. The van der Waals surface area contributed by atoms with Crippen molar-refractivity contribution in [1.29, 1.82) is 0 Å². The second-order valence-electron chi connectivity index (χ2n) is 3.55. The molecule has 0 aliphatic rings. The van der Waals surface area contributed by atoms with Gasteiger partial charge >= 0.3 is 0 Å². The van der Waals surface area contributed by atoms with E-state index < -0.39 is 0 Å². The first kappa shape index (κ1) is 9.89. The fourth-order valence-corrected chi connectivity index (χ4v) is 1.55. The molecular weight excluding hydrogens is 190 g/mol. The van der Waals surface area contributed by atoms with Crippen molar-refractivity contribution in [3.05, 3.63) is 12.7 Å². The quantitative estimate of drug-likeness (QED) is 0.830. The molecule has 0 aromatic carbocycles. The number of nitrogens with one attached hydrogen (secondary N) is 1. The lowest BCUT2D eigenvalue weighted by Crippen LogP contribution is -2.03. The van der Waals surface area contributed by atoms with E-state index in [0.717, 1.165) is 23.4 Å². The Hall–Kier alpha value is -1.65. The topological polar surface area (TPSA) is 55.6 Å². The Kier molecular flexibility index (Phi) is 2.53. The molecule has 2 aromatic heterocycles. The first-order chi connectivity index (χ1) is 7.27. The number of hydrogen-bond donors (Lipinski definition) is 1. The van der Waals surface area contributed by atoms with Crippen molar-refractivity contribution >= 4 is 17.0 Å². The van der Waals surface area contributed by atoms with Gasteiger partial charge in [-0.2, -0.15) is 0 Å². The lowest BCUT2D eigenvalue weighted by Gasteiger charge is -2.10. The molecule has 5 nitrogen and oxygen atoms in total. The normalized spacial score (nSPS) is 13.0. The molecule has 2 rings (SSSR count). The molecule has 0 saturated heterocycles. The van der Waals surface area contributed by atoms with E-state index in [1.807, 2.05) is 13.4 Å². The van der Waals surface area contributed by atoms with E-state index in [0.29, 0.717) is 6.04 Å². The molecule has 15 heavy (non-hydrogen) atoms. The van der Waals surface area contributed by atoms with Crippen LogP contribution in [0.4, 0.5) is 5.82 Å². The van der Waals surface area contributed by atoms with E-state index in [1.165, 1.54) is 0 Å². The zero-order valence-electron chi connectivity index (χ0n) is 9.23. The van der Waals surface area contributed by atoms with Crippen LogP contribution in [0.5, 0.6) is 0 Å². The molecule has 2 heterocycles. The summed E-state index contributed by atoms with van der Waals surface area (Å²) >= 11 is 0. The molecule has 0 fully saturated rings. The van der Waals surface area contributed by atoms with Gasteiger partial charge < -0.3 is 9.88 Å². The van der Waals surface area contributed by atoms with Crippen LogP contribution in [0, 0.1) is 0 Å². The Labute approximate surface area is 88.6 Å². The van der Waals surface area contributed by atoms with Crippen LogP contribution in [0.1, 0.15) is 26.3 Å². The van der Waals surface area contributed by atoms with Crippen LogP contribution in [-0.4, -0.2) is 26.6 Å². The molecule has 2 aromatic rings. The van der Waals surface area contributed by atoms with E-state index in [1.54, 1.807) is 6.33 Å². The Bertz CT molecular complexity index is 462. The maximum atomic E-state index is 4.33. The van der Waals surface area contributed by atoms with Gasteiger partial charge in [0.25, 0.3) is 0 Å². The Morgan fingerprint density at radius 3 is 2.87 bits per heavy atom. The molecule has 5 heteroatoms. The maximum Gasteiger partial charge on any atom is 0.165 e. The molecule has 0 radical (unpaired) electrons. The predicted octanol–water partition coefficient (Wildman–Crippen LogP) is 1.84.